The van der Waals surface area contributed by atoms with Crippen LogP contribution in [0.25, 0.3) is 0 Å². The number of esters is 1. The van der Waals surface area contributed by atoms with Gasteiger partial charge < -0.3 is 65.4 Å². The SMILES string of the molecule is C/C=C/C[C@@H](C)[C@@H](O)[C@H]1C(=O)N[C@@H](CC)C(=O)N(C)C(CC(C)C(=O)OCC)C(=O)N(C)[C@@H](CC(C)C)C(=O)N[C@@H](C(C)C)C(=O)N(C)[C@@H](CC(C)C)C(=O)N[C@@H](C)C(=O)N[C@H](C)C(=O)N(C)[C@@H](CC(C)C)C(=O)N(C)[C@@H](CC(C)C)C(=O)N(C)[C@@H](C(C)C)C(=O)N1C. The molecule has 1 aliphatic heterocycles. The van der Waals surface area contributed by atoms with Crippen LogP contribution in [0.15, 0.2) is 12.2 Å². The van der Waals surface area contributed by atoms with Crippen molar-refractivity contribution in [2.45, 2.75) is 249 Å². The summed E-state index contributed by atoms with van der Waals surface area (Å²) < 4.78 is 5.34. The van der Waals surface area contributed by atoms with Gasteiger partial charge in [0.25, 0.3) is 0 Å². The number of carbonyl (C=O) groups excluding carboxylic acids is 12. The summed E-state index contributed by atoms with van der Waals surface area (Å²) in [6.45, 7) is 32.8. The first kappa shape index (κ1) is 84.4. The fourth-order valence-electron chi connectivity index (χ4n) is 11.8. The first-order valence-electron chi connectivity index (χ1n) is 33.5. The van der Waals surface area contributed by atoms with E-state index in [9.17, 15) is 33.9 Å². The van der Waals surface area contributed by atoms with Gasteiger partial charge in [0.2, 0.25) is 65.0 Å². The van der Waals surface area contributed by atoms with Gasteiger partial charge in [-0.2, -0.15) is 0 Å². The maximum absolute atomic E-state index is 15.3. The van der Waals surface area contributed by atoms with Crippen LogP contribution in [-0.2, 0) is 62.3 Å². The molecule has 0 radical (unpaired) electrons. The fourth-order valence-corrected chi connectivity index (χ4v) is 11.8. The third kappa shape index (κ3) is 23.6. The average Bonchev–Trinajstić information content (AvgIpc) is 0.885. The minimum atomic E-state index is -1.69. The quantitative estimate of drug-likeness (QED) is 0.0894. The summed E-state index contributed by atoms with van der Waals surface area (Å²) in [5.74, 6) is -12.3. The molecule has 0 aromatic heterocycles. The highest BCUT2D eigenvalue weighted by molar-refractivity contribution is 6.00. The predicted molar refractivity (Wildman–Crippen MR) is 358 cm³/mol. The number of carbonyl (C=O) groups is 12. The average molecular weight is 1320 g/mol. The molecule has 1 rings (SSSR count). The van der Waals surface area contributed by atoms with E-state index in [0.717, 1.165) is 9.80 Å². The number of aliphatic hydroxyl groups excluding tert-OH is 1. The van der Waals surface area contributed by atoms with Crippen molar-refractivity contribution in [3.05, 3.63) is 12.2 Å². The molecule has 5 N–H and O–H groups in total. The zero-order valence-corrected chi connectivity index (χ0v) is 61.2. The third-order valence-corrected chi connectivity index (χ3v) is 17.6. The normalized spacial score (nSPS) is 26.7. The minimum Gasteiger partial charge on any atom is -0.466 e. The molecule has 0 aliphatic carbocycles. The largest absolute Gasteiger partial charge is 0.466 e. The van der Waals surface area contributed by atoms with Crippen LogP contribution in [0.1, 0.15) is 176 Å². The topological polar surface area (TPSA) is 305 Å². The Balaban J connectivity index is 4.59. The van der Waals surface area contributed by atoms with Gasteiger partial charge in [-0.3, -0.25) is 57.5 Å². The lowest BCUT2D eigenvalue weighted by Crippen LogP contribution is -2.64. The van der Waals surface area contributed by atoms with Crippen LogP contribution in [0.2, 0.25) is 0 Å². The minimum absolute atomic E-state index is 0.0133. The van der Waals surface area contributed by atoms with Crippen molar-refractivity contribution >= 4 is 70.9 Å². The summed E-state index contributed by atoms with van der Waals surface area (Å²) in [6.07, 6.45) is 2.33. The van der Waals surface area contributed by atoms with E-state index in [1.807, 2.05) is 55.4 Å². The van der Waals surface area contributed by atoms with Crippen molar-refractivity contribution in [3.8, 4) is 0 Å². The van der Waals surface area contributed by atoms with Gasteiger partial charge in [0.05, 0.1) is 18.6 Å². The van der Waals surface area contributed by atoms with Crippen molar-refractivity contribution in [1.82, 2.24) is 55.6 Å². The molecule has 14 atom stereocenters. The zero-order chi connectivity index (χ0) is 72.1. The smallest absolute Gasteiger partial charge is 0.308 e. The maximum Gasteiger partial charge on any atom is 0.308 e. The van der Waals surface area contributed by atoms with Crippen LogP contribution in [0.3, 0.4) is 0 Å². The highest BCUT2D eigenvalue weighted by atomic mass is 16.5. The van der Waals surface area contributed by atoms with Gasteiger partial charge in [-0.15, -0.1) is 0 Å². The Morgan fingerprint density at radius 1 is 0.452 bits per heavy atom. The van der Waals surface area contributed by atoms with E-state index >= 15 is 28.8 Å². The number of nitrogens with one attached hydrogen (secondary N) is 4. The van der Waals surface area contributed by atoms with E-state index in [1.165, 1.54) is 94.6 Å². The van der Waals surface area contributed by atoms with Crippen molar-refractivity contribution in [2.75, 3.05) is 55.9 Å². The number of aliphatic hydroxyl groups is 1. The molecule has 1 heterocycles. The predicted octanol–water partition coefficient (Wildman–Crippen LogP) is 4.23. The van der Waals surface area contributed by atoms with Crippen molar-refractivity contribution in [2.24, 2.45) is 47.3 Å². The molecule has 1 fully saturated rings. The molecule has 0 aromatic rings. The summed E-state index contributed by atoms with van der Waals surface area (Å²) in [5.41, 5.74) is 0. The van der Waals surface area contributed by atoms with E-state index in [1.54, 1.807) is 67.5 Å². The zero-order valence-electron chi connectivity index (χ0n) is 61.2. The number of ether oxygens (including phenoxy) is 1. The van der Waals surface area contributed by atoms with E-state index in [2.05, 4.69) is 21.3 Å². The van der Waals surface area contributed by atoms with E-state index in [0.29, 0.717) is 0 Å². The van der Waals surface area contributed by atoms with Gasteiger partial charge in [0.1, 0.15) is 66.5 Å². The summed E-state index contributed by atoms with van der Waals surface area (Å²) in [7, 11) is 9.76. The Hall–Kier alpha value is -6.66. The number of allylic oxidation sites excluding steroid dienone is 2. The Morgan fingerprint density at radius 2 is 0.839 bits per heavy atom. The van der Waals surface area contributed by atoms with E-state index in [-0.39, 0.29) is 75.2 Å². The van der Waals surface area contributed by atoms with Crippen molar-refractivity contribution < 1.29 is 67.4 Å². The van der Waals surface area contributed by atoms with Crippen LogP contribution in [0, 0.1) is 47.3 Å². The Bertz CT molecular complexity index is 2580. The molecule has 0 aromatic carbocycles. The lowest BCUT2D eigenvalue weighted by Gasteiger charge is -2.41. The molecule has 0 saturated carbocycles. The molecule has 93 heavy (non-hydrogen) atoms. The summed E-state index contributed by atoms with van der Waals surface area (Å²) in [4.78, 5) is 185. The molecule has 0 bridgehead atoms. The van der Waals surface area contributed by atoms with Gasteiger partial charge in [0.15, 0.2) is 0 Å². The van der Waals surface area contributed by atoms with E-state index < -0.39 is 167 Å². The standard InChI is InChI=1S/C68H121N11O14/c1-27-30-31-43(16)56(80)55-60(84)71-47(28-2)62(86)76(23)52(36-44(17)68(92)93-29-3)64(88)73(20)49(33-38(6)7)59(83)72-53(41(12)13)66(90)74(21)48(32-37(4)5)58(82)69-45(18)57(81)70-46(19)61(85)75(22)50(34-39(8)9)63(87)77(24)51(35-40(10)11)65(89)78(25)54(42(14)15)67(91)79(55)26/h27,30,37-56,80H,28-29,31-36H2,1-26H3,(H,69,82)(H,70,81)(H,71,84)(H,72,83)/b30-27+/t43-,44?,45+,46-,47+,48+,49+,50+,51+,52?,53+,54+,55+,56-/m1/s1. The second-order valence-electron chi connectivity index (χ2n) is 28.2. The molecule has 25 heteroatoms. The number of hydrogen-bond acceptors (Lipinski definition) is 14. The molecule has 0 spiro atoms. The van der Waals surface area contributed by atoms with Gasteiger partial charge >= 0.3 is 5.97 Å². The molecule has 1 saturated heterocycles. The monoisotopic (exact) mass is 1320 g/mol. The lowest BCUT2D eigenvalue weighted by molar-refractivity contribution is -0.157. The van der Waals surface area contributed by atoms with Crippen molar-refractivity contribution in [1.29, 1.82) is 0 Å². The second kappa shape index (κ2) is 38.6. The van der Waals surface area contributed by atoms with Gasteiger partial charge in [-0.25, -0.2) is 0 Å². The number of likely N-dealkylation sites (N-methyl/N-ethyl adjacent to an activating group) is 7. The molecule has 11 amide bonds. The third-order valence-electron chi connectivity index (χ3n) is 17.6. The molecule has 25 nitrogen and oxygen atoms in total. The molecular formula is C68H121N11O14. The Morgan fingerprint density at radius 3 is 1.27 bits per heavy atom. The number of hydrogen-bond donors (Lipinski definition) is 5. The van der Waals surface area contributed by atoms with E-state index in [4.69, 9.17) is 4.74 Å². The molecule has 532 valence electrons. The van der Waals surface area contributed by atoms with Gasteiger partial charge in [-0.1, -0.05) is 116 Å². The lowest BCUT2D eigenvalue weighted by atomic mass is 9.91. The summed E-state index contributed by atoms with van der Waals surface area (Å²) in [6, 6.07) is -14.5. The first-order chi connectivity index (χ1) is 43.0. The van der Waals surface area contributed by atoms with Crippen LogP contribution >= 0.6 is 0 Å². The number of amides is 11. The molecule has 1 aliphatic rings. The highest BCUT2D eigenvalue weighted by Gasteiger charge is 2.47. The van der Waals surface area contributed by atoms with Gasteiger partial charge in [-0.05, 0) is 114 Å². The summed E-state index contributed by atoms with van der Waals surface area (Å²) in [5, 5.41) is 23.3. The summed E-state index contributed by atoms with van der Waals surface area (Å²) >= 11 is 0. The Labute approximate surface area is 556 Å². The van der Waals surface area contributed by atoms with Crippen LogP contribution in [0.5, 0.6) is 0 Å². The fraction of sp³-hybridized carbons (Fsp3) is 0.794. The highest BCUT2D eigenvalue weighted by Crippen LogP contribution is 2.27. The van der Waals surface area contributed by atoms with Crippen molar-refractivity contribution in [3.63, 3.8) is 0 Å². The second-order valence-corrected chi connectivity index (χ2v) is 28.2. The molecule has 2 unspecified atom stereocenters. The van der Waals surface area contributed by atoms with Crippen LogP contribution < -0.4 is 21.3 Å². The van der Waals surface area contributed by atoms with Gasteiger partial charge in [0, 0.05) is 49.3 Å². The maximum atomic E-state index is 15.3. The van der Waals surface area contributed by atoms with Crippen LogP contribution in [0.4, 0.5) is 0 Å². The first-order valence-corrected chi connectivity index (χ1v) is 33.5. The number of nitrogens with zero attached hydrogens (tertiary/aromatic N) is 7. The molecular weight excluding hydrogens is 1190 g/mol. The Kier molecular flexibility index (Phi) is 35.0. The number of rotatable bonds is 19. The van der Waals surface area contributed by atoms with Crippen LogP contribution in [-0.4, -0.2) is 239 Å².